The maximum atomic E-state index is 12.4. The Kier molecular flexibility index (Phi) is 5.61. The molecule has 0 radical (unpaired) electrons. The fourth-order valence-corrected chi connectivity index (χ4v) is 3.31. The Labute approximate surface area is 156 Å². The standard InChI is InChI=1S/C19H18Cl2N2O2/c20-15-6-7-16(21)17(11-15)23-12-14(10-18(23)24)19(25)22-9-8-13-4-2-1-3-5-13/h1-7,11,14H,8-10,12H2,(H,22,25). The fraction of sp³-hybridized carbons (Fsp3) is 0.263. The Balaban J connectivity index is 1.58. The van der Waals surface area contributed by atoms with Crippen molar-refractivity contribution in [3.63, 3.8) is 0 Å². The first-order valence-corrected chi connectivity index (χ1v) is 8.87. The first kappa shape index (κ1) is 17.8. The first-order chi connectivity index (χ1) is 12.0. The van der Waals surface area contributed by atoms with Crippen LogP contribution in [0.4, 0.5) is 5.69 Å². The molecule has 0 bridgehead atoms. The van der Waals surface area contributed by atoms with Crippen molar-refractivity contribution in [1.29, 1.82) is 0 Å². The highest BCUT2D eigenvalue weighted by molar-refractivity contribution is 6.35. The van der Waals surface area contributed by atoms with Gasteiger partial charge in [0.2, 0.25) is 11.8 Å². The third-order valence-corrected chi connectivity index (χ3v) is 4.81. The molecule has 1 heterocycles. The molecule has 6 heteroatoms. The van der Waals surface area contributed by atoms with Gasteiger partial charge in [0.25, 0.3) is 0 Å². The minimum atomic E-state index is -0.377. The lowest BCUT2D eigenvalue weighted by molar-refractivity contribution is -0.126. The average Bonchev–Trinajstić information content (AvgIpc) is 3.00. The second kappa shape index (κ2) is 7.89. The maximum absolute atomic E-state index is 12.4. The van der Waals surface area contributed by atoms with E-state index in [1.54, 1.807) is 18.2 Å². The van der Waals surface area contributed by atoms with E-state index in [0.29, 0.717) is 28.8 Å². The summed E-state index contributed by atoms with van der Waals surface area (Å²) >= 11 is 12.2. The van der Waals surface area contributed by atoms with E-state index in [-0.39, 0.29) is 24.2 Å². The lowest BCUT2D eigenvalue weighted by atomic mass is 10.1. The van der Waals surface area contributed by atoms with Crippen LogP contribution in [0.3, 0.4) is 0 Å². The van der Waals surface area contributed by atoms with Crippen LogP contribution in [-0.2, 0) is 16.0 Å². The highest BCUT2D eigenvalue weighted by Gasteiger charge is 2.35. The van der Waals surface area contributed by atoms with Crippen LogP contribution in [0.25, 0.3) is 0 Å². The Morgan fingerprint density at radius 1 is 1.16 bits per heavy atom. The van der Waals surface area contributed by atoms with Crippen molar-refractivity contribution in [2.75, 3.05) is 18.0 Å². The number of rotatable bonds is 5. The number of benzene rings is 2. The molecule has 25 heavy (non-hydrogen) atoms. The van der Waals surface area contributed by atoms with Gasteiger partial charge < -0.3 is 10.2 Å². The van der Waals surface area contributed by atoms with Gasteiger partial charge in [0.1, 0.15) is 0 Å². The van der Waals surface area contributed by atoms with Crippen LogP contribution in [0.2, 0.25) is 10.0 Å². The number of amides is 2. The van der Waals surface area contributed by atoms with E-state index in [1.807, 2.05) is 30.3 Å². The summed E-state index contributed by atoms with van der Waals surface area (Å²) < 4.78 is 0. The molecule has 2 aromatic rings. The van der Waals surface area contributed by atoms with Gasteiger partial charge in [-0.15, -0.1) is 0 Å². The zero-order chi connectivity index (χ0) is 17.8. The topological polar surface area (TPSA) is 49.4 Å². The summed E-state index contributed by atoms with van der Waals surface area (Å²) in [5.41, 5.74) is 1.72. The summed E-state index contributed by atoms with van der Waals surface area (Å²) in [4.78, 5) is 26.2. The summed E-state index contributed by atoms with van der Waals surface area (Å²) in [6, 6.07) is 14.9. The van der Waals surface area contributed by atoms with Crippen molar-refractivity contribution in [2.45, 2.75) is 12.8 Å². The highest BCUT2D eigenvalue weighted by Crippen LogP contribution is 2.33. The third-order valence-electron chi connectivity index (χ3n) is 4.25. The normalized spacial score (nSPS) is 17.0. The van der Waals surface area contributed by atoms with E-state index < -0.39 is 0 Å². The summed E-state index contributed by atoms with van der Waals surface area (Å²) in [7, 11) is 0. The maximum Gasteiger partial charge on any atom is 0.227 e. The quantitative estimate of drug-likeness (QED) is 0.864. The van der Waals surface area contributed by atoms with Gasteiger partial charge in [-0.1, -0.05) is 53.5 Å². The van der Waals surface area contributed by atoms with Gasteiger partial charge in [-0.05, 0) is 30.2 Å². The van der Waals surface area contributed by atoms with Crippen molar-refractivity contribution in [3.8, 4) is 0 Å². The van der Waals surface area contributed by atoms with E-state index in [0.717, 1.165) is 12.0 Å². The van der Waals surface area contributed by atoms with E-state index in [4.69, 9.17) is 23.2 Å². The van der Waals surface area contributed by atoms with E-state index >= 15 is 0 Å². The minimum Gasteiger partial charge on any atom is -0.355 e. The molecule has 0 aliphatic carbocycles. The molecule has 1 fully saturated rings. The molecule has 1 aliphatic rings. The van der Waals surface area contributed by atoms with Gasteiger partial charge in [-0.25, -0.2) is 0 Å². The molecule has 1 N–H and O–H groups in total. The SMILES string of the molecule is O=C(NCCc1ccccc1)C1CC(=O)N(c2cc(Cl)ccc2Cl)C1. The smallest absolute Gasteiger partial charge is 0.227 e. The van der Waals surface area contributed by atoms with Gasteiger partial charge in [0.05, 0.1) is 16.6 Å². The molecule has 3 rings (SSSR count). The second-order valence-corrected chi connectivity index (χ2v) is 6.87. The fourth-order valence-electron chi connectivity index (χ4n) is 2.93. The number of carbonyl (C=O) groups excluding carboxylic acids is 2. The van der Waals surface area contributed by atoms with Crippen molar-refractivity contribution >= 4 is 40.7 Å². The molecule has 1 aliphatic heterocycles. The lowest BCUT2D eigenvalue weighted by Crippen LogP contribution is -2.34. The van der Waals surface area contributed by atoms with E-state index in [1.165, 1.54) is 4.90 Å². The predicted molar refractivity (Wildman–Crippen MR) is 100 cm³/mol. The molecule has 2 amide bonds. The van der Waals surface area contributed by atoms with Gasteiger partial charge in [-0.3, -0.25) is 9.59 Å². The van der Waals surface area contributed by atoms with Gasteiger partial charge >= 0.3 is 0 Å². The number of hydrogen-bond acceptors (Lipinski definition) is 2. The Hall–Kier alpha value is -2.04. The highest BCUT2D eigenvalue weighted by atomic mass is 35.5. The Morgan fingerprint density at radius 2 is 1.92 bits per heavy atom. The van der Waals surface area contributed by atoms with Crippen molar-refractivity contribution < 1.29 is 9.59 Å². The summed E-state index contributed by atoms with van der Waals surface area (Å²) in [5, 5.41) is 3.86. The summed E-state index contributed by atoms with van der Waals surface area (Å²) in [6.07, 6.45) is 0.942. The average molecular weight is 377 g/mol. The molecule has 130 valence electrons. The molecule has 0 saturated carbocycles. The molecule has 1 saturated heterocycles. The van der Waals surface area contributed by atoms with Crippen LogP contribution in [0, 0.1) is 5.92 Å². The molecular formula is C19H18Cl2N2O2. The van der Waals surface area contributed by atoms with Crippen molar-refractivity contribution in [3.05, 3.63) is 64.1 Å². The van der Waals surface area contributed by atoms with Crippen LogP contribution in [0.5, 0.6) is 0 Å². The Bertz CT molecular complexity index is 780. The molecular weight excluding hydrogens is 359 g/mol. The third kappa shape index (κ3) is 4.33. The van der Waals surface area contributed by atoms with Crippen LogP contribution < -0.4 is 10.2 Å². The van der Waals surface area contributed by atoms with Crippen molar-refractivity contribution in [1.82, 2.24) is 5.32 Å². The molecule has 2 aromatic carbocycles. The number of anilines is 1. The molecule has 0 spiro atoms. The zero-order valence-electron chi connectivity index (χ0n) is 13.5. The van der Waals surface area contributed by atoms with Gasteiger partial charge in [0, 0.05) is 24.5 Å². The van der Waals surface area contributed by atoms with Crippen LogP contribution in [0.15, 0.2) is 48.5 Å². The molecule has 4 nitrogen and oxygen atoms in total. The minimum absolute atomic E-state index is 0.107. The van der Waals surface area contributed by atoms with E-state index in [9.17, 15) is 9.59 Å². The summed E-state index contributed by atoms with van der Waals surface area (Å²) in [5.74, 6) is -0.601. The number of nitrogens with one attached hydrogen (secondary N) is 1. The zero-order valence-corrected chi connectivity index (χ0v) is 15.1. The number of carbonyl (C=O) groups is 2. The Morgan fingerprint density at radius 3 is 2.68 bits per heavy atom. The number of halogens is 2. The number of hydrogen-bond donors (Lipinski definition) is 1. The van der Waals surface area contributed by atoms with Gasteiger partial charge in [-0.2, -0.15) is 0 Å². The van der Waals surface area contributed by atoms with E-state index in [2.05, 4.69) is 5.32 Å². The predicted octanol–water partition coefficient (Wildman–Crippen LogP) is 3.71. The van der Waals surface area contributed by atoms with Crippen LogP contribution >= 0.6 is 23.2 Å². The monoisotopic (exact) mass is 376 g/mol. The van der Waals surface area contributed by atoms with Crippen LogP contribution in [-0.4, -0.2) is 24.9 Å². The van der Waals surface area contributed by atoms with Crippen molar-refractivity contribution in [2.24, 2.45) is 5.92 Å². The molecule has 0 aromatic heterocycles. The lowest BCUT2D eigenvalue weighted by Gasteiger charge is -2.18. The first-order valence-electron chi connectivity index (χ1n) is 8.11. The summed E-state index contributed by atoms with van der Waals surface area (Å²) in [6.45, 7) is 0.863. The van der Waals surface area contributed by atoms with Gasteiger partial charge in [0.15, 0.2) is 0 Å². The molecule has 1 unspecified atom stereocenters. The van der Waals surface area contributed by atoms with Crippen LogP contribution in [0.1, 0.15) is 12.0 Å². The second-order valence-electron chi connectivity index (χ2n) is 6.03. The largest absolute Gasteiger partial charge is 0.355 e. The molecule has 1 atom stereocenters. The number of nitrogens with zero attached hydrogens (tertiary/aromatic N) is 1.